The zero-order chi connectivity index (χ0) is 23.0. The maximum Gasteiger partial charge on any atom is 0.279 e. The Labute approximate surface area is 194 Å². The summed E-state index contributed by atoms with van der Waals surface area (Å²) in [5.41, 5.74) is 0.429. The highest BCUT2D eigenvalue weighted by Crippen LogP contribution is 2.23. The SMILES string of the molecule is O=C(c1nn(-c2ccccc2)c(=O)c2ccccc12)N1CCN(S(=O)(=O)c2cccs2)CC1. The molecule has 2 aromatic heterocycles. The van der Waals surface area contributed by atoms with Gasteiger partial charge in [0.05, 0.1) is 11.1 Å². The third-order valence-electron chi connectivity index (χ3n) is 5.62. The van der Waals surface area contributed by atoms with Gasteiger partial charge < -0.3 is 4.90 Å². The summed E-state index contributed by atoms with van der Waals surface area (Å²) in [7, 11) is -3.56. The van der Waals surface area contributed by atoms with E-state index in [9.17, 15) is 18.0 Å². The molecule has 33 heavy (non-hydrogen) atoms. The van der Waals surface area contributed by atoms with E-state index in [1.54, 1.807) is 70.9 Å². The first-order valence-electron chi connectivity index (χ1n) is 10.4. The van der Waals surface area contributed by atoms with E-state index >= 15 is 0 Å². The molecule has 0 spiro atoms. The molecule has 5 rings (SSSR count). The van der Waals surface area contributed by atoms with Gasteiger partial charge in [-0.3, -0.25) is 9.59 Å². The van der Waals surface area contributed by atoms with Crippen LogP contribution in [0.25, 0.3) is 16.5 Å². The standard InChI is InChI=1S/C23H20N4O4S2/c28-22-19-10-5-4-9-18(19)21(24-27(22)17-7-2-1-3-8-17)23(29)25-12-14-26(15-13-25)33(30,31)20-11-6-16-32-20/h1-11,16H,12-15H2. The van der Waals surface area contributed by atoms with Crippen molar-refractivity contribution in [3.8, 4) is 5.69 Å². The minimum atomic E-state index is -3.56. The Hall–Kier alpha value is -3.34. The fourth-order valence-corrected chi connectivity index (χ4v) is 6.48. The molecule has 0 N–H and O–H groups in total. The zero-order valence-corrected chi connectivity index (χ0v) is 19.1. The van der Waals surface area contributed by atoms with E-state index in [0.29, 0.717) is 20.7 Å². The lowest BCUT2D eigenvalue weighted by Gasteiger charge is -2.33. The van der Waals surface area contributed by atoms with Crippen LogP contribution in [-0.4, -0.2) is 59.5 Å². The number of hydrogen-bond donors (Lipinski definition) is 0. The Balaban J connectivity index is 1.47. The molecule has 0 atom stereocenters. The van der Waals surface area contributed by atoms with Crippen molar-refractivity contribution in [1.82, 2.24) is 19.0 Å². The van der Waals surface area contributed by atoms with Crippen LogP contribution >= 0.6 is 11.3 Å². The fourth-order valence-electron chi connectivity index (χ4n) is 3.91. The Morgan fingerprint density at radius 1 is 0.848 bits per heavy atom. The normalized spacial score (nSPS) is 15.1. The molecule has 0 radical (unpaired) electrons. The Morgan fingerprint density at radius 2 is 1.52 bits per heavy atom. The van der Waals surface area contributed by atoms with Crippen LogP contribution < -0.4 is 5.56 Å². The van der Waals surface area contributed by atoms with Gasteiger partial charge >= 0.3 is 0 Å². The first kappa shape index (κ1) is 21.5. The predicted octanol–water partition coefficient (Wildman–Crippen LogP) is 2.59. The summed E-state index contributed by atoms with van der Waals surface area (Å²) in [6, 6.07) is 19.1. The van der Waals surface area contributed by atoms with Crippen LogP contribution in [0.1, 0.15) is 10.5 Å². The van der Waals surface area contributed by atoms with Crippen molar-refractivity contribution in [1.29, 1.82) is 0 Å². The molecule has 10 heteroatoms. The molecule has 1 aliphatic rings. The highest BCUT2D eigenvalue weighted by atomic mass is 32.2. The number of amides is 1. The van der Waals surface area contributed by atoms with Crippen LogP contribution in [0.3, 0.4) is 0 Å². The molecule has 1 saturated heterocycles. The Bertz CT molecular complexity index is 1470. The molecule has 1 amide bonds. The van der Waals surface area contributed by atoms with Gasteiger partial charge in [0, 0.05) is 31.6 Å². The van der Waals surface area contributed by atoms with E-state index in [-0.39, 0.29) is 43.3 Å². The lowest BCUT2D eigenvalue weighted by molar-refractivity contribution is 0.0692. The van der Waals surface area contributed by atoms with Gasteiger partial charge in [-0.2, -0.15) is 14.1 Å². The molecule has 8 nitrogen and oxygen atoms in total. The highest BCUT2D eigenvalue weighted by Gasteiger charge is 2.32. The van der Waals surface area contributed by atoms with Crippen LogP contribution in [0.2, 0.25) is 0 Å². The van der Waals surface area contributed by atoms with Gasteiger partial charge in [0.25, 0.3) is 21.5 Å². The molecule has 0 saturated carbocycles. The quantitative estimate of drug-likeness (QED) is 0.448. The number of sulfonamides is 1. The van der Waals surface area contributed by atoms with Crippen molar-refractivity contribution in [2.24, 2.45) is 0 Å². The van der Waals surface area contributed by atoms with Crippen LogP contribution in [0.5, 0.6) is 0 Å². The van der Waals surface area contributed by atoms with Crippen LogP contribution in [-0.2, 0) is 10.0 Å². The molecular formula is C23H20N4O4S2. The number of piperazine rings is 1. The number of carbonyl (C=O) groups excluding carboxylic acids is 1. The number of rotatable bonds is 4. The lowest BCUT2D eigenvalue weighted by atomic mass is 10.1. The first-order valence-corrected chi connectivity index (χ1v) is 12.7. The third kappa shape index (κ3) is 3.86. The summed E-state index contributed by atoms with van der Waals surface area (Å²) in [5, 5.41) is 7.05. The second kappa shape index (κ2) is 8.54. The monoisotopic (exact) mass is 480 g/mol. The van der Waals surface area contributed by atoms with Gasteiger partial charge in [0.1, 0.15) is 4.21 Å². The number of nitrogens with zero attached hydrogens (tertiary/aromatic N) is 4. The van der Waals surface area contributed by atoms with E-state index < -0.39 is 10.0 Å². The third-order valence-corrected chi connectivity index (χ3v) is 8.90. The molecule has 0 bridgehead atoms. The summed E-state index contributed by atoms with van der Waals surface area (Å²) in [6.45, 7) is 0.873. The van der Waals surface area contributed by atoms with Gasteiger partial charge in [-0.05, 0) is 29.6 Å². The number of aromatic nitrogens is 2. The summed E-state index contributed by atoms with van der Waals surface area (Å²) in [5.74, 6) is -0.330. The molecule has 4 aromatic rings. The van der Waals surface area contributed by atoms with Crippen molar-refractivity contribution < 1.29 is 13.2 Å². The molecule has 3 heterocycles. The molecule has 1 aliphatic heterocycles. The van der Waals surface area contributed by atoms with Crippen molar-refractivity contribution in [3.05, 3.63) is 88.2 Å². The minimum Gasteiger partial charge on any atom is -0.335 e. The minimum absolute atomic E-state index is 0.170. The van der Waals surface area contributed by atoms with Gasteiger partial charge in [-0.25, -0.2) is 8.42 Å². The molecule has 0 unspecified atom stereocenters. The smallest absolute Gasteiger partial charge is 0.279 e. The highest BCUT2D eigenvalue weighted by molar-refractivity contribution is 7.91. The van der Waals surface area contributed by atoms with Gasteiger partial charge in [-0.1, -0.05) is 42.5 Å². The van der Waals surface area contributed by atoms with Crippen molar-refractivity contribution >= 4 is 38.0 Å². The molecule has 0 aliphatic carbocycles. The average Bonchev–Trinajstić information content (AvgIpc) is 3.41. The maximum atomic E-state index is 13.5. The summed E-state index contributed by atoms with van der Waals surface area (Å²) in [4.78, 5) is 28.1. The molecule has 1 fully saturated rings. The topological polar surface area (TPSA) is 92.6 Å². The van der Waals surface area contributed by atoms with Crippen molar-refractivity contribution in [2.75, 3.05) is 26.2 Å². The Morgan fingerprint density at radius 3 is 2.18 bits per heavy atom. The van der Waals surface area contributed by atoms with Crippen LogP contribution in [0.4, 0.5) is 0 Å². The first-order chi connectivity index (χ1) is 16.0. The van der Waals surface area contributed by atoms with E-state index in [0.717, 1.165) is 0 Å². The summed E-state index contributed by atoms with van der Waals surface area (Å²) in [6.07, 6.45) is 0. The van der Waals surface area contributed by atoms with E-state index in [4.69, 9.17) is 0 Å². The molecular weight excluding hydrogens is 460 g/mol. The number of benzene rings is 2. The van der Waals surface area contributed by atoms with E-state index in [1.807, 2.05) is 6.07 Å². The predicted molar refractivity (Wildman–Crippen MR) is 126 cm³/mol. The largest absolute Gasteiger partial charge is 0.335 e. The van der Waals surface area contributed by atoms with Gasteiger partial charge in [0.2, 0.25) is 0 Å². The number of thiophene rings is 1. The van der Waals surface area contributed by atoms with E-state index in [2.05, 4.69) is 5.10 Å². The van der Waals surface area contributed by atoms with Crippen molar-refractivity contribution in [3.63, 3.8) is 0 Å². The maximum absolute atomic E-state index is 13.5. The zero-order valence-electron chi connectivity index (χ0n) is 17.5. The number of carbonyl (C=O) groups is 1. The number of hydrogen-bond acceptors (Lipinski definition) is 6. The summed E-state index contributed by atoms with van der Waals surface area (Å²) < 4.78 is 28.5. The molecule has 2 aromatic carbocycles. The second-order valence-corrected chi connectivity index (χ2v) is 10.7. The summed E-state index contributed by atoms with van der Waals surface area (Å²) >= 11 is 1.18. The van der Waals surface area contributed by atoms with Gasteiger partial charge in [-0.15, -0.1) is 11.3 Å². The van der Waals surface area contributed by atoms with Crippen LogP contribution in [0.15, 0.2) is 81.1 Å². The second-order valence-electron chi connectivity index (χ2n) is 7.58. The molecule has 168 valence electrons. The number of fused-ring (bicyclic) bond motifs is 1. The van der Waals surface area contributed by atoms with Gasteiger partial charge in [0.15, 0.2) is 5.69 Å². The Kier molecular flexibility index (Phi) is 5.57. The van der Waals surface area contributed by atoms with Crippen molar-refractivity contribution in [2.45, 2.75) is 4.21 Å². The lowest BCUT2D eigenvalue weighted by Crippen LogP contribution is -2.50. The van der Waals surface area contributed by atoms with E-state index in [1.165, 1.54) is 20.3 Å². The van der Waals surface area contributed by atoms with Crippen LogP contribution in [0, 0.1) is 0 Å². The average molecular weight is 481 g/mol. The fraction of sp³-hybridized carbons (Fsp3) is 0.174. The number of para-hydroxylation sites is 1.